The first-order valence-corrected chi connectivity index (χ1v) is 18.2. The summed E-state index contributed by atoms with van der Waals surface area (Å²) in [7, 11) is 0. The molecule has 0 saturated carbocycles. The Balaban J connectivity index is 1.16. The Hall–Kier alpha value is -7.63. The summed E-state index contributed by atoms with van der Waals surface area (Å²) in [5.74, 6) is 0.583. The van der Waals surface area contributed by atoms with Crippen molar-refractivity contribution in [3.63, 3.8) is 0 Å². The molecule has 0 unspecified atom stereocenters. The van der Waals surface area contributed by atoms with E-state index in [1.165, 1.54) is 6.26 Å². The minimum atomic E-state index is -0.355. The second-order valence-corrected chi connectivity index (χ2v) is 13.5. The predicted molar refractivity (Wildman–Crippen MR) is 227 cm³/mol. The smallest absolute Gasteiger partial charge is 0.164 e. The summed E-state index contributed by atoms with van der Waals surface area (Å²) in [6.45, 7) is 0. The van der Waals surface area contributed by atoms with Gasteiger partial charge in [-0.2, -0.15) is 0 Å². The lowest BCUT2D eigenvalue weighted by atomic mass is 9.92. The van der Waals surface area contributed by atoms with Crippen LogP contribution in [0, 0.1) is 0 Å². The fourth-order valence-corrected chi connectivity index (χ4v) is 7.31. The first kappa shape index (κ1) is 26.2. The van der Waals surface area contributed by atoms with Crippen molar-refractivity contribution in [3.05, 3.63) is 188 Å². The fourth-order valence-electron chi connectivity index (χ4n) is 7.31. The van der Waals surface area contributed by atoms with E-state index >= 15 is 0 Å². The minimum absolute atomic E-state index is 0.0130. The van der Waals surface area contributed by atoms with Gasteiger partial charge in [0.1, 0.15) is 16.7 Å². The van der Waals surface area contributed by atoms with E-state index in [0.717, 1.165) is 38.4 Å². The second-order valence-electron chi connectivity index (χ2n) is 13.5. The van der Waals surface area contributed by atoms with E-state index in [2.05, 4.69) is 24.3 Å². The summed E-state index contributed by atoms with van der Waals surface area (Å²) >= 11 is 0. The highest BCUT2D eigenvalue weighted by atomic mass is 16.3. The molecule has 0 spiro atoms. The third-order valence-electron chi connectivity index (χ3n) is 10.1. The molecule has 56 heavy (non-hydrogen) atoms. The van der Waals surface area contributed by atoms with Crippen molar-refractivity contribution < 1.29 is 17.1 Å². The van der Waals surface area contributed by atoms with Crippen LogP contribution < -0.4 is 0 Å². The molecule has 5 nitrogen and oxygen atoms in total. The molecule has 3 aromatic heterocycles. The number of rotatable bonds is 6. The Bertz CT molecular complexity index is 3610. The van der Waals surface area contributed by atoms with Crippen LogP contribution in [0.5, 0.6) is 0 Å². The summed E-state index contributed by atoms with van der Waals surface area (Å²) < 4.78 is 67.9. The van der Waals surface area contributed by atoms with Gasteiger partial charge >= 0.3 is 0 Å². The van der Waals surface area contributed by atoms with Gasteiger partial charge in [0.2, 0.25) is 0 Å². The third-order valence-corrected chi connectivity index (χ3v) is 10.1. The largest absolute Gasteiger partial charge is 0.464 e. The van der Waals surface area contributed by atoms with E-state index in [1.54, 1.807) is 18.2 Å². The van der Waals surface area contributed by atoms with Crippen LogP contribution in [-0.4, -0.2) is 15.0 Å². The number of para-hydroxylation sites is 1. The molecule has 0 saturated heterocycles. The van der Waals surface area contributed by atoms with Gasteiger partial charge in [0, 0.05) is 38.4 Å². The number of fused-ring (bicyclic) bond motifs is 5. The number of hydrogen-bond donors (Lipinski definition) is 0. The maximum absolute atomic E-state index is 9.59. The van der Waals surface area contributed by atoms with E-state index in [9.17, 15) is 5.48 Å². The summed E-state index contributed by atoms with van der Waals surface area (Å²) in [4.78, 5) is 14.9. The van der Waals surface area contributed by atoms with Gasteiger partial charge in [-0.1, -0.05) is 139 Å². The van der Waals surface area contributed by atoms with Crippen LogP contribution in [-0.2, 0) is 0 Å². The van der Waals surface area contributed by atoms with Crippen LogP contribution in [0.25, 0.3) is 111 Å². The Morgan fingerprint density at radius 3 is 1.86 bits per heavy atom. The molecule has 0 atom stereocenters. The highest BCUT2D eigenvalue weighted by molar-refractivity contribution is 6.08. The van der Waals surface area contributed by atoms with Crippen molar-refractivity contribution in [2.45, 2.75) is 0 Å². The quantitative estimate of drug-likeness (QED) is 0.171. The van der Waals surface area contributed by atoms with Crippen molar-refractivity contribution in [3.8, 4) is 67.5 Å². The molecule has 11 aromatic rings. The maximum atomic E-state index is 9.59. The SMILES string of the molecule is [2H]c1c(-c2cccc3ccoc23)c([2H])c2c(oc3c([2H])c(-c4nc(-c5ccc(-c6ccccc6)c(-c6ccccc6)c5)nc(-c5ccc6ccccc6c5)n4)c([2H])c([2H])c32)c1[2H]. The Morgan fingerprint density at radius 2 is 1.05 bits per heavy atom. The van der Waals surface area contributed by atoms with Gasteiger partial charge < -0.3 is 8.83 Å². The lowest BCUT2D eigenvalue weighted by molar-refractivity contribution is 0.617. The average molecular weight is 724 g/mol. The molecule has 3 heterocycles. The molecule has 0 N–H and O–H groups in total. The molecule has 0 amide bonds. The Kier molecular flexibility index (Phi) is 6.10. The van der Waals surface area contributed by atoms with Crippen LogP contribution in [0.15, 0.2) is 197 Å². The highest BCUT2D eigenvalue weighted by Crippen LogP contribution is 2.39. The highest BCUT2D eigenvalue weighted by Gasteiger charge is 2.18. The predicted octanol–water partition coefficient (Wildman–Crippen LogP) is 13.7. The summed E-state index contributed by atoms with van der Waals surface area (Å²) in [5, 5.41) is 2.87. The standard InChI is InChI=1S/C51H31N3O2/c1-3-11-33(12-4-1)41-23-20-39(30-44(41)34-13-5-2-6-14-34)50-52-49(38-19-18-32-10-7-8-15-36(32)28-38)53-51(54-50)40-21-24-43-45-29-37(22-25-46(45)56-47(43)31-40)42-17-9-16-35-26-27-55-48(35)42/h1-31H/i21D,22D,24D,25D,29D,31D. The molecule has 262 valence electrons. The molecule has 11 rings (SSSR count). The topological polar surface area (TPSA) is 65.0 Å². The lowest BCUT2D eigenvalue weighted by Gasteiger charge is -2.14. The zero-order valence-electron chi connectivity index (χ0n) is 35.6. The molecule has 8 aromatic carbocycles. The van der Waals surface area contributed by atoms with Gasteiger partial charge in [0.15, 0.2) is 17.5 Å². The van der Waals surface area contributed by atoms with Gasteiger partial charge in [0.05, 0.1) is 14.5 Å². The number of hydrogen-bond acceptors (Lipinski definition) is 5. The zero-order chi connectivity index (χ0) is 42.2. The van der Waals surface area contributed by atoms with Crippen molar-refractivity contribution >= 4 is 43.7 Å². The number of furan rings is 2. The van der Waals surface area contributed by atoms with Crippen LogP contribution in [0.1, 0.15) is 8.22 Å². The van der Waals surface area contributed by atoms with Crippen molar-refractivity contribution in [2.75, 3.05) is 0 Å². The van der Waals surface area contributed by atoms with Gasteiger partial charge in [0.25, 0.3) is 0 Å². The molecular weight excluding hydrogens is 687 g/mol. The van der Waals surface area contributed by atoms with Crippen molar-refractivity contribution in [2.24, 2.45) is 0 Å². The van der Waals surface area contributed by atoms with E-state index < -0.39 is 0 Å². The average Bonchev–Trinajstić information content (AvgIpc) is 3.98. The van der Waals surface area contributed by atoms with E-state index in [4.69, 9.17) is 26.5 Å². The second kappa shape index (κ2) is 13.0. The third kappa shape index (κ3) is 5.53. The first-order valence-electron chi connectivity index (χ1n) is 21.2. The van der Waals surface area contributed by atoms with E-state index in [0.29, 0.717) is 33.9 Å². The Labute approximate surface area is 330 Å². The molecule has 0 aliphatic heterocycles. The molecule has 0 aliphatic rings. The van der Waals surface area contributed by atoms with Crippen molar-refractivity contribution in [1.29, 1.82) is 0 Å². The molecule has 0 radical (unpaired) electrons. The van der Waals surface area contributed by atoms with Gasteiger partial charge in [-0.3, -0.25) is 0 Å². The van der Waals surface area contributed by atoms with Crippen LogP contribution in [0.2, 0.25) is 0 Å². The maximum Gasteiger partial charge on any atom is 0.164 e. The lowest BCUT2D eigenvalue weighted by Crippen LogP contribution is -2.00. The molecule has 5 heteroatoms. The van der Waals surface area contributed by atoms with E-state index in [1.807, 2.05) is 103 Å². The number of benzene rings is 8. The van der Waals surface area contributed by atoms with E-state index in [-0.39, 0.29) is 75.1 Å². The van der Waals surface area contributed by atoms with Gasteiger partial charge in [-0.25, -0.2) is 15.0 Å². The summed E-state index contributed by atoms with van der Waals surface area (Å²) in [6, 6.07) is 45.5. The normalized spacial score (nSPS) is 13.1. The molecule has 0 aliphatic carbocycles. The fraction of sp³-hybridized carbons (Fsp3) is 0. The zero-order valence-corrected chi connectivity index (χ0v) is 29.6. The summed E-state index contributed by atoms with van der Waals surface area (Å²) in [5.41, 5.74) is 6.09. The van der Waals surface area contributed by atoms with Crippen LogP contribution >= 0.6 is 0 Å². The monoisotopic (exact) mass is 723 g/mol. The van der Waals surface area contributed by atoms with Gasteiger partial charge in [-0.15, -0.1) is 0 Å². The molecule has 0 bridgehead atoms. The Morgan fingerprint density at radius 1 is 0.393 bits per heavy atom. The van der Waals surface area contributed by atoms with Crippen LogP contribution in [0.4, 0.5) is 0 Å². The molecular formula is C51H31N3O2. The van der Waals surface area contributed by atoms with Crippen LogP contribution in [0.3, 0.4) is 0 Å². The van der Waals surface area contributed by atoms with Crippen molar-refractivity contribution in [1.82, 2.24) is 15.0 Å². The molecule has 0 fully saturated rings. The number of nitrogens with zero attached hydrogens (tertiary/aromatic N) is 3. The minimum Gasteiger partial charge on any atom is -0.464 e. The van der Waals surface area contributed by atoms with Gasteiger partial charge in [-0.05, 0) is 81.0 Å². The summed E-state index contributed by atoms with van der Waals surface area (Å²) in [6.07, 6.45) is 1.52. The number of aromatic nitrogens is 3. The first-order chi connectivity index (χ1) is 30.2.